The number of amides is 1. The first kappa shape index (κ1) is 17.3. The van der Waals surface area contributed by atoms with Crippen LogP contribution in [0.25, 0.3) is 10.9 Å². The van der Waals surface area contributed by atoms with E-state index in [1.54, 1.807) is 11.9 Å². The smallest absolute Gasteiger partial charge is 0.270 e. The summed E-state index contributed by atoms with van der Waals surface area (Å²) in [6.07, 6.45) is 0. The Bertz CT molecular complexity index is 979. The number of nitrogens with zero attached hydrogens (tertiary/aromatic N) is 1. The van der Waals surface area contributed by atoms with Gasteiger partial charge in [-0.05, 0) is 42.8 Å². The van der Waals surface area contributed by atoms with Crippen LogP contribution in [0.3, 0.4) is 0 Å². The van der Waals surface area contributed by atoms with Crippen LogP contribution in [0.4, 0.5) is 0 Å². The predicted molar refractivity (Wildman–Crippen MR) is 103 cm³/mol. The molecule has 0 fully saturated rings. The highest BCUT2D eigenvalue weighted by atomic mass is 16.6. The summed E-state index contributed by atoms with van der Waals surface area (Å²) in [5.74, 6) is 2.20. The van der Waals surface area contributed by atoms with E-state index in [9.17, 15) is 4.79 Å². The summed E-state index contributed by atoms with van der Waals surface area (Å²) in [7, 11) is 1.79. The molecule has 0 spiro atoms. The first-order valence-corrected chi connectivity index (χ1v) is 9.03. The van der Waals surface area contributed by atoms with Crippen LogP contribution in [0, 0.1) is 0 Å². The molecule has 1 amide bonds. The van der Waals surface area contributed by atoms with E-state index in [0.717, 1.165) is 33.7 Å². The van der Waals surface area contributed by atoms with Crippen LogP contribution in [0.2, 0.25) is 0 Å². The number of nitrogens with one attached hydrogen (secondary N) is 1. The molecule has 6 nitrogen and oxygen atoms in total. The third-order valence-corrected chi connectivity index (χ3v) is 4.51. The van der Waals surface area contributed by atoms with E-state index >= 15 is 0 Å². The molecule has 1 aliphatic rings. The summed E-state index contributed by atoms with van der Waals surface area (Å²) in [5.41, 5.74) is 2.43. The van der Waals surface area contributed by atoms with Gasteiger partial charge in [0, 0.05) is 30.6 Å². The Kier molecular flexibility index (Phi) is 4.62. The average molecular weight is 366 g/mol. The van der Waals surface area contributed by atoms with Crippen molar-refractivity contribution in [2.24, 2.45) is 0 Å². The monoisotopic (exact) mass is 366 g/mol. The quantitative estimate of drug-likeness (QED) is 0.749. The van der Waals surface area contributed by atoms with Gasteiger partial charge in [0.15, 0.2) is 11.5 Å². The van der Waals surface area contributed by atoms with Crippen molar-refractivity contribution in [3.05, 3.63) is 53.7 Å². The third-order valence-electron chi connectivity index (χ3n) is 4.51. The Labute approximate surface area is 157 Å². The van der Waals surface area contributed by atoms with Gasteiger partial charge in [-0.25, -0.2) is 0 Å². The van der Waals surface area contributed by atoms with Gasteiger partial charge in [-0.3, -0.25) is 4.79 Å². The number of H-pyrrole nitrogens is 1. The fourth-order valence-electron chi connectivity index (χ4n) is 3.22. The fraction of sp³-hybridized carbons (Fsp3) is 0.286. The van der Waals surface area contributed by atoms with Gasteiger partial charge in [0.1, 0.15) is 24.7 Å². The molecule has 140 valence electrons. The van der Waals surface area contributed by atoms with Gasteiger partial charge >= 0.3 is 0 Å². The fourth-order valence-corrected chi connectivity index (χ4v) is 3.22. The molecule has 27 heavy (non-hydrogen) atoms. The number of rotatable bonds is 5. The first-order chi connectivity index (χ1) is 13.1. The Hall–Kier alpha value is -3.15. The topological polar surface area (TPSA) is 63.8 Å². The lowest BCUT2D eigenvalue weighted by Gasteiger charge is -2.21. The van der Waals surface area contributed by atoms with E-state index in [4.69, 9.17) is 14.2 Å². The maximum Gasteiger partial charge on any atom is 0.270 e. The van der Waals surface area contributed by atoms with Gasteiger partial charge in [0.25, 0.3) is 5.91 Å². The van der Waals surface area contributed by atoms with Crippen LogP contribution in [0.15, 0.2) is 42.5 Å². The number of carbonyl (C=O) groups excluding carboxylic acids is 1. The molecule has 1 aliphatic heterocycles. The highest BCUT2D eigenvalue weighted by Crippen LogP contribution is 2.31. The maximum atomic E-state index is 12.8. The van der Waals surface area contributed by atoms with Crippen LogP contribution in [-0.4, -0.2) is 42.7 Å². The minimum Gasteiger partial charge on any atom is -0.494 e. The van der Waals surface area contributed by atoms with Crippen LogP contribution in [0.1, 0.15) is 23.0 Å². The second kappa shape index (κ2) is 7.23. The van der Waals surface area contributed by atoms with Crippen molar-refractivity contribution in [1.29, 1.82) is 0 Å². The number of aromatic nitrogens is 1. The SMILES string of the molecule is CCOc1ccc2cc(C(=O)N(C)Cc3ccc4c(c3)OCCO4)[nH]c2c1. The molecule has 0 bridgehead atoms. The van der Waals surface area contributed by atoms with Crippen LogP contribution >= 0.6 is 0 Å². The van der Waals surface area contributed by atoms with Gasteiger partial charge in [0.2, 0.25) is 0 Å². The van der Waals surface area contributed by atoms with E-state index in [1.165, 1.54) is 0 Å². The number of hydrogen-bond acceptors (Lipinski definition) is 4. The Morgan fingerprint density at radius 1 is 1.11 bits per heavy atom. The lowest BCUT2D eigenvalue weighted by atomic mass is 10.1. The zero-order chi connectivity index (χ0) is 18.8. The molecule has 0 radical (unpaired) electrons. The zero-order valence-electron chi connectivity index (χ0n) is 15.5. The summed E-state index contributed by atoms with van der Waals surface area (Å²) in [6, 6.07) is 13.4. The van der Waals surface area contributed by atoms with Gasteiger partial charge < -0.3 is 24.1 Å². The minimum absolute atomic E-state index is 0.0703. The normalized spacial score (nSPS) is 12.8. The largest absolute Gasteiger partial charge is 0.494 e. The second-order valence-corrected chi connectivity index (χ2v) is 6.50. The van der Waals surface area contributed by atoms with Gasteiger partial charge in [-0.2, -0.15) is 0 Å². The molecular weight excluding hydrogens is 344 g/mol. The highest BCUT2D eigenvalue weighted by Gasteiger charge is 2.17. The third kappa shape index (κ3) is 3.56. The summed E-state index contributed by atoms with van der Waals surface area (Å²) < 4.78 is 16.7. The van der Waals surface area contributed by atoms with E-state index in [1.807, 2.05) is 49.4 Å². The number of hydrogen-bond donors (Lipinski definition) is 1. The van der Waals surface area contributed by atoms with Crippen LogP contribution < -0.4 is 14.2 Å². The molecule has 1 N–H and O–H groups in total. The lowest BCUT2D eigenvalue weighted by Crippen LogP contribution is -2.26. The molecule has 0 aliphatic carbocycles. The lowest BCUT2D eigenvalue weighted by molar-refractivity contribution is 0.0780. The number of carbonyl (C=O) groups is 1. The number of aromatic amines is 1. The molecular formula is C21H22N2O4. The molecule has 0 saturated heterocycles. The van der Waals surface area contributed by atoms with E-state index in [0.29, 0.717) is 32.1 Å². The number of fused-ring (bicyclic) bond motifs is 2. The van der Waals surface area contributed by atoms with Crippen molar-refractivity contribution in [2.45, 2.75) is 13.5 Å². The maximum absolute atomic E-state index is 12.8. The van der Waals surface area contributed by atoms with E-state index in [-0.39, 0.29) is 5.91 Å². The Morgan fingerprint density at radius 2 is 1.93 bits per heavy atom. The molecule has 2 aromatic carbocycles. The summed E-state index contributed by atoms with van der Waals surface area (Å²) >= 11 is 0. The number of ether oxygens (including phenoxy) is 3. The van der Waals surface area contributed by atoms with Crippen LogP contribution in [-0.2, 0) is 6.54 Å². The standard InChI is InChI=1S/C21H22N2O4/c1-3-25-16-6-5-15-11-18(22-17(15)12-16)21(24)23(2)13-14-4-7-19-20(10-14)27-9-8-26-19/h4-7,10-12,22H,3,8-9,13H2,1-2H3. The minimum atomic E-state index is -0.0703. The van der Waals surface area contributed by atoms with E-state index < -0.39 is 0 Å². The Morgan fingerprint density at radius 3 is 2.74 bits per heavy atom. The van der Waals surface area contributed by atoms with Crippen molar-refractivity contribution >= 4 is 16.8 Å². The van der Waals surface area contributed by atoms with Crippen molar-refractivity contribution in [3.63, 3.8) is 0 Å². The van der Waals surface area contributed by atoms with Gasteiger partial charge in [-0.15, -0.1) is 0 Å². The van der Waals surface area contributed by atoms with E-state index in [2.05, 4.69) is 4.98 Å². The predicted octanol–water partition coefficient (Wildman–Crippen LogP) is 3.61. The van der Waals surface area contributed by atoms with Crippen molar-refractivity contribution < 1.29 is 19.0 Å². The molecule has 3 aromatic rings. The second-order valence-electron chi connectivity index (χ2n) is 6.50. The Balaban J connectivity index is 1.51. The molecule has 0 saturated carbocycles. The van der Waals surface area contributed by atoms with Crippen LogP contribution in [0.5, 0.6) is 17.2 Å². The van der Waals surface area contributed by atoms with Crippen molar-refractivity contribution in [3.8, 4) is 17.2 Å². The highest BCUT2D eigenvalue weighted by molar-refractivity contribution is 5.98. The van der Waals surface area contributed by atoms with Crippen molar-refractivity contribution in [1.82, 2.24) is 9.88 Å². The van der Waals surface area contributed by atoms with Crippen molar-refractivity contribution in [2.75, 3.05) is 26.9 Å². The molecule has 6 heteroatoms. The first-order valence-electron chi connectivity index (χ1n) is 9.03. The molecule has 0 atom stereocenters. The molecule has 0 unspecified atom stereocenters. The summed E-state index contributed by atoms with van der Waals surface area (Å²) in [4.78, 5) is 17.7. The molecule has 1 aromatic heterocycles. The summed E-state index contributed by atoms with van der Waals surface area (Å²) in [5, 5.41) is 0.981. The average Bonchev–Trinajstić information content (AvgIpc) is 3.11. The van der Waals surface area contributed by atoms with Gasteiger partial charge in [0.05, 0.1) is 6.61 Å². The molecule has 2 heterocycles. The molecule has 4 rings (SSSR count). The zero-order valence-corrected chi connectivity index (χ0v) is 15.5. The van der Waals surface area contributed by atoms with Gasteiger partial charge in [-0.1, -0.05) is 6.07 Å². The summed E-state index contributed by atoms with van der Waals surface area (Å²) in [6.45, 7) is 4.14. The number of benzene rings is 2.